The minimum atomic E-state index is -0.372. The van der Waals surface area contributed by atoms with E-state index in [0.29, 0.717) is 17.3 Å². The standard InChI is InChI=1S/C23H21N3O2S/c1-14(2)15-7-9-16(10-8-15)19-12-29-22-20(19)21(24-13-25-22)26-18-6-4-5-17(11-18)23(27)28-3/h4-14H,1-3H3,(H,24,25,26). The van der Waals surface area contributed by atoms with E-state index < -0.39 is 0 Å². The van der Waals surface area contributed by atoms with Crippen LogP contribution in [0.3, 0.4) is 0 Å². The molecule has 0 fully saturated rings. The molecular weight excluding hydrogens is 382 g/mol. The highest BCUT2D eigenvalue weighted by Crippen LogP contribution is 2.37. The predicted molar refractivity (Wildman–Crippen MR) is 118 cm³/mol. The number of anilines is 2. The highest BCUT2D eigenvalue weighted by atomic mass is 32.1. The van der Waals surface area contributed by atoms with E-state index in [2.05, 4.69) is 58.8 Å². The SMILES string of the molecule is COC(=O)c1cccc(Nc2ncnc3scc(-c4ccc(C(C)C)cc4)c23)c1. The van der Waals surface area contributed by atoms with Crippen molar-refractivity contribution >= 4 is 39.0 Å². The predicted octanol–water partition coefficient (Wildman–Crippen LogP) is 6.01. The molecule has 1 N–H and O–H groups in total. The van der Waals surface area contributed by atoms with Crippen molar-refractivity contribution in [2.24, 2.45) is 0 Å². The number of hydrogen-bond donors (Lipinski definition) is 1. The number of benzene rings is 2. The van der Waals surface area contributed by atoms with Crippen LogP contribution < -0.4 is 5.32 Å². The first-order chi connectivity index (χ1) is 14.1. The molecule has 5 nitrogen and oxygen atoms in total. The summed E-state index contributed by atoms with van der Waals surface area (Å²) >= 11 is 1.59. The Hall–Kier alpha value is -3.25. The molecule has 0 atom stereocenters. The lowest BCUT2D eigenvalue weighted by molar-refractivity contribution is 0.0601. The number of thiophene rings is 1. The number of fused-ring (bicyclic) bond motifs is 1. The summed E-state index contributed by atoms with van der Waals surface area (Å²) in [6.45, 7) is 4.38. The van der Waals surface area contributed by atoms with Gasteiger partial charge in [0.1, 0.15) is 17.0 Å². The van der Waals surface area contributed by atoms with Crippen LogP contribution in [0.1, 0.15) is 35.7 Å². The van der Waals surface area contributed by atoms with Gasteiger partial charge in [-0.3, -0.25) is 0 Å². The Kier molecular flexibility index (Phi) is 5.27. The number of rotatable bonds is 5. The molecular formula is C23H21N3O2S. The van der Waals surface area contributed by atoms with Crippen molar-refractivity contribution in [1.82, 2.24) is 9.97 Å². The Balaban J connectivity index is 1.75. The van der Waals surface area contributed by atoms with E-state index in [9.17, 15) is 4.79 Å². The summed E-state index contributed by atoms with van der Waals surface area (Å²) in [6.07, 6.45) is 1.55. The van der Waals surface area contributed by atoms with Crippen molar-refractivity contribution in [3.63, 3.8) is 0 Å². The van der Waals surface area contributed by atoms with E-state index in [1.165, 1.54) is 12.7 Å². The first kappa shape index (κ1) is 19.1. The van der Waals surface area contributed by atoms with Crippen LogP contribution >= 0.6 is 11.3 Å². The van der Waals surface area contributed by atoms with Gasteiger partial charge in [0.05, 0.1) is 18.1 Å². The van der Waals surface area contributed by atoms with Crippen molar-refractivity contribution in [3.05, 3.63) is 71.4 Å². The van der Waals surface area contributed by atoms with E-state index >= 15 is 0 Å². The molecule has 0 aliphatic rings. The Morgan fingerprint density at radius 2 is 1.90 bits per heavy atom. The van der Waals surface area contributed by atoms with Crippen LogP contribution in [-0.2, 0) is 4.74 Å². The maximum Gasteiger partial charge on any atom is 0.337 e. The van der Waals surface area contributed by atoms with Crippen LogP contribution in [0, 0.1) is 0 Å². The Morgan fingerprint density at radius 3 is 2.62 bits per heavy atom. The van der Waals surface area contributed by atoms with Crippen molar-refractivity contribution in [2.45, 2.75) is 19.8 Å². The number of carbonyl (C=O) groups excluding carboxylic acids is 1. The average molecular weight is 404 g/mol. The van der Waals surface area contributed by atoms with Gasteiger partial charge in [-0.05, 0) is 35.2 Å². The second kappa shape index (κ2) is 8.01. The zero-order chi connectivity index (χ0) is 20.4. The lowest BCUT2D eigenvalue weighted by atomic mass is 9.99. The second-order valence-corrected chi connectivity index (χ2v) is 7.88. The normalized spacial score (nSPS) is 11.0. The van der Waals surface area contributed by atoms with Crippen LogP contribution in [0.15, 0.2) is 60.2 Å². The van der Waals surface area contributed by atoms with Crippen molar-refractivity contribution in [1.29, 1.82) is 0 Å². The molecule has 2 heterocycles. The number of aromatic nitrogens is 2. The van der Waals surface area contributed by atoms with E-state index in [0.717, 1.165) is 27.0 Å². The van der Waals surface area contributed by atoms with Crippen molar-refractivity contribution in [3.8, 4) is 11.1 Å². The van der Waals surface area contributed by atoms with Crippen LogP contribution in [0.2, 0.25) is 0 Å². The highest BCUT2D eigenvalue weighted by molar-refractivity contribution is 7.17. The Bertz CT molecular complexity index is 1170. The molecule has 2 aromatic carbocycles. The van der Waals surface area contributed by atoms with Gasteiger partial charge in [-0.2, -0.15) is 0 Å². The van der Waals surface area contributed by atoms with E-state index in [4.69, 9.17) is 4.74 Å². The van der Waals surface area contributed by atoms with Gasteiger partial charge in [0.15, 0.2) is 0 Å². The summed E-state index contributed by atoms with van der Waals surface area (Å²) in [5.41, 5.74) is 4.77. The van der Waals surface area contributed by atoms with Gasteiger partial charge < -0.3 is 10.1 Å². The number of methoxy groups -OCH3 is 1. The zero-order valence-electron chi connectivity index (χ0n) is 16.5. The summed E-state index contributed by atoms with van der Waals surface area (Å²) in [5.74, 6) is 0.829. The van der Waals surface area contributed by atoms with Crippen LogP contribution in [0.4, 0.5) is 11.5 Å². The molecule has 4 aromatic rings. The number of carbonyl (C=O) groups is 1. The summed E-state index contributed by atoms with van der Waals surface area (Å²) in [4.78, 5) is 21.6. The summed E-state index contributed by atoms with van der Waals surface area (Å²) in [6, 6.07) is 15.8. The molecule has 0 bridgehead atoms. The molecule has 0 unspecified atom stereocenters. The number of ether oxygens (including phenoxy) is 1. The molecule has 0 spiro atoms. The quantitative estimate of drug-likeness (QED) is 0.413. The minimum absolute atomic E-state index is 0.372. The van der Waals surface area contributed by atoms with E-state index in [-0.39, 0.29) is 5.97 Å². The van der Waals surface area contributed by atoms with Crippen LogP contribution in [-0.4, -0.2) is 23.0 Å². The molecule has 29 heavy (non-hydrogen) atoms. The van der Waals surface area contributed by atoms with Crippen molar-refractivity contribution < 1.29 is 9.53 Å². The molecule has 0 aliphatic heterocycles. The zero-order valence-corrected chi connectivity index (χ0v) is 17.3. The molecule has 4 rings (SSSR count). The monoisotopic (exact) mass is 403 g/mol. The lowest BCUT2D eigenvalue weighted by Crippen LogP contribution is -2.02. The summed E-state index contributed by atoms with van der Waals surface area (Å²) in [7, 11) is 1.37. The second-order valence-electron chi connectivity index (χ2n) is 7.03. The van der Waals surface area contributed by atoms with Crippen molar-refractivity contribution in [2.75, 3.05) is 12.4 Å². The van der Waals surface area contributed by atoms with Gasteiger partial charge in [0.2, 0.25) is 0 Å². The molecule has 0 saturated heterocycles. The fraction of sp³-hybridized carbons (Fsp3) is 0.174. The Morgan fingerprint density at radius 1 is 1.10 bits per heavy atom. The average Bonchev–Trinajstić information content (AvgIpc) is 3.18. The van der Waals surface area contributed by atoms with Gasteiger partial charge in [0, 0.05) is 16.6 Å². The maximum atomic E-state index is 11.8. The Labute approximate surface area is 173 Å². The number of hydrogen-bond acceptors (Lipinski definition) is 6. The molecule has 0 saturated carbocycles. The number of nitrogens with zero attached hydrogens (tertiary/aromatic N) is 2. The van der Waals surface area contributed by atoms with Crippen LogP contribution in [0.5, 0.6) is 0 Å². The maximum absolute atomic E-state index is 11.8. The highest BCUT2D eigenvalue weighted by Gasteiger charge is 2.14. The third-order valence-corrected chi connectivity index (χ3v) is 5.69. The third kappa shape index (κ3) is 3.84. The molecule has 6 heteroatoms. The summed E-state index contributed by atoms with van der Waals surface area (Å²) < 4.78 is 4.81. The molecule has 0 amide bonds. The number of esters is 1. The largest absolute Gasteiger partial charge is 0.465 e. The third-order valence-electron chi connectivity index (χ3n) is 4.80. The van der Waals surface area contributed by atoms with Gasteiger partial charge >= 0.3 is 5.97 Å². The fourth-order valence-corrected chi connectivity index (χ4v) is 4.12. The van der Waals surface area contributed by atoms with Gasteiger partial charge in [-0.1, -0.05) is 44.2 Å². The minimum Gasteiger partial charge on any atom is -0.465 e. The van der Waals surface area contributed by atoms with Gasteiger partial charge in [0.25, 0.3) is 0 Å². The molecule has 2 aromatic heterocycles. The van der Waals surface area contributed by atoms with Gasteiger partial charge in [-0.15, -0.1) is 11.3 Å². The lowest BCUT2D eigenvalue weighted by Gasteiger charge is -2.10. The molecule has 0 radical (unpaired) electrons. The molecule has 146 valence electrons. The fourth-order valence-electron chi connectivity index (χ4n) is 3.21. The smallest absolute Gasteiger partial charge is 0.337 e. The summed E-state index contributed by atoms with van der Waals surface area (Å²) in [5, 5.41) is 6.42. The number of nitrogens with one attached hydrogen (secondary N) is 1. The first-order valence-electron chi connectivity index (χ1n) is 9.34. The van der Waals surface area contributed by atoms with E-state index in [1.807, 2.05) is 12.1 Å². The first-order valence-corrected chi connectivity index (χ1v) is 10.2. The topological polar surface area (TPSA) is 64.1 Å². The van der Waals surface area contributed by atoms with Gasteiger partial charge in [-0.25, -0.2) is 14.8 Å². The molecule has 0 aliphatic carbocycles. The van der Waals surface area contributed by atoms with Crippen LogP contribution in [0.25, 0.3) is 21.3 Å². The van der Waals surface area contributed by atoms with E-state index in [1.54, 1.807) is 29.8 Å².